The number of nitrogens with zero attached hydrogens (tertiary/aromatic N) is 2. The number of aromatic nitrogens is 1. The second-order valence-electron chi connectivity index (χ2n) is 9.95. The summed E-state index contributed by atoms with van der Waals surface area (Å²) in [7, 11) is 0. The van der Waals surface area contributed by atoms with Crippen LogP contribution < -0.4 is 5.32 Å². The van der Waals surface area contributed by atoms with Gasteiger partial charge in [0.2, 0.25) is 5.91 Å². The van der Waals surface area contributed by atoms with Gasteiger partial charge in [0, 0.05) is 28.5 Å². The second kappa shape index (κ2) is 9.46. The van der Waals surface area contributed by atoms with E-state index in [0.29, 0.717) is 17.3 Å². The summed E-state index contributed by atoms with van der Waals surface area (Å²) in [5.41, 5.74) is 1.40. The first-order valence-electron chi connectivity index (χ1n) is 12.4. The molecule has 1 fully saturated rings. The number of benzene rings is 2. The van der Waals surface area contributed by atoms with Crippen molar-refractivity contribution in [2.45, 2.75) is 76.5 Å². The van der Waals surface area contributed by atoms with Gasteiger partial charge in [-0.05, 0) is 43.5 Å². The maximum atomic E-state index is 13.9. The lowest BCUT2D eigenvalue weighted by Gasteiger charge is -2.45. The average molecular weight is 478 g/mol. The maximum Gasteiger partial charge on any atom is 0.271 e. The van der Waals surface area contributed by atoms with E-state index in [0.717, 1.165) is 42.1 Å². The summed E-state index contributed by atoms with van der Waals surface area (Å²) in [4.78, 5) is 29.6. The number of rotatable bonds is 4. The zero-order valence-electron chi connectivity index (χ0n) is 19.7. The van der Waals surface area contributed by atoms with Crippen molar-refractivity contribution >= 4 is 34.3 Å². The van der Waals surface area contributed by atoms with Crippen LogP contribution in [0, 0.1) is 0 Å². The largest absolute Gasteiger partial charge is 0.351 e. The van der Waals surface area contributed by atoms with Crippen LogP contribution in [0.25, 0.3) is 10.9 Å². The van der Waals surface area contributed by atoms with Crippen LogP contribution in [0.4, 0.5) is 0 Å². The van der Waals surface area contributed by atoms with Gasteiger partial charge in [-0.15, -0.1) is 0 Å². The maximum absolute atomic E-state index is 13.9. The van der Waals surface area contributed by atoms with Gasteiger partial charge in [0.05, 0.1) is 6.54 Å². The Morgan fingerprint density at radius 2 is 1.71 bits per heavy atom. The van der Waals surface area contributed by atoms with Crippen LogP contribution in [-0.2, 0) is 17.9 Å². The molecule has 0 saturated heterocycles. The van der Waals surface area contributed by atoms with Crippen molar-refractivity contribution in [2.24, 2.45) is 0 Å². The third-order valence-electron chi connectivity index (χ3n) is 7.55. The fourth-order valence-electron chi connectivity index (χ4n) is 5.49. The van der Waals surface area contributed by atoms with Crippen molar-refractivity contribution in [3.8, 4) is 0 Å². The minimum atomic E-state index is -1.03. The Bertz CT molecular complexity index is 1210. The van der Waals surface area contributed by atoms with Crippen LogP contribution in [0.3, 0.4) is 0 Å². The van der Waals surface area contributed by atoms with Gasteiger partial charge < -0.3 is 14.8 Å². The Kier molecular flexibility index (Phi) is 6.39. The quantitative estimate of drug-likeness (QED) is 0.505. The molecule has 1 N–H and O–H groups in total. The summed E-state index contributed by atoms with van der Waals surface area (Å²) >= 11 is 6.47. The number of para-hydroxylation sites is 1. The van der Waals surface area contributed by atoms with Gasteiger partial charge in [0.15, 0.2) is 0 Å². The molecule has 178 valence electrons. The van der Waals surface area contributed by atoms with Gasteiger partial charge in [-0.25, -0.2) is 0 Å². The molecule has 2 aromatic carbocycles. The van der Waals surface area contributed by atoms with E-state index in [-0.39, 0.29) is 24.4 Å². The molecule has 6 heteroatoms. The number of carbonyl (C=O) groups excluding carboxylic acids is 2. The van der Waals surface area contributed by atoms with E-state index in [1.807, 2.05) is 66.1 Å². The van der Waals surface area contributed by atoms with Crippen molar-refractivity contribution < 1.29 is 9.59 Å². The van der Waals surface area contributed by atoms with Gasteiger partial charge in [-0.3, -0.25) is 9.59 Å². The SMILES string of the molecule is CC1(C(=O)NC2CCCCCCC2)Cn2c(cc3ccccc32)C(=O)N1Cc1ccccc1Cl. The Hall–Kier alpha value is -2.79. The highest BCUT2D eigenvalue weighted by Crippen LogP contribution is 2.34. The number of fused-ring (bicyclic) bond motifs is 3. The topological polar surface area (TPSA) is 54.3 Å². The summed E-state index contributed by atoms with van der Waals surface area (Å²) in [5, 5.41) is 4.95. The van der Waals surface area contributed by atoms with E-state index in [2.05, 4.69) is 5.32 Å². The molecule has 1 atom stereocenters. The lowest BCUT2D eigenvalue weighted by atomic mass is 9.91. The van der Waals surface area contributed by atoms with Crippen LogP contribution in [0.15, 0.2) is 54.6 Å². The highest BCUT2D eigenvalue weighted by atomic mass is 35.5. The minimum absolute atomic E-state index is 0.0816. The number of amides is 2. The van der Waals surface area contributed by atoms with Crippen LogP contribution in [0.2, 0.25) is 5.02 Å². The summed E-state index contributed by atoms with van der Waals surface area (Å²) in [6.45, 7) is 2.59. The zero-order chi connectivity index (χ0) is 23.7. The lowest BCUT2D eigenvalue weighted by molar-refractivity contribution is -0.134. The van der Waals surface area contributed by atoms with E-state index < -0.39 is 5.54 Å². The van der Waals surface area contributed by atoms with Gasteiger partial charge in [0.25, 0.3) is 5.91 Å². The van der Waals surface area contributed by atoms with Gasteiger partial charge in [-0.2, -0.15) is 0 Å². The molecule has 5 rings (SSSR count). The zero-order valence-corrected chi connectivity index (χ0v) is 20.5. The molecule has 1 saturated carbocycles. The van der Waals surface area contributed by atoms with E-state index in [4.69, 9.17) is 11.6 Å². The monoisotopic (exact) mass is 477 g/mol. The second-order valence-corrected chi connectivity index (χ2v) is 10.4. The molecular formula is C28H32ClN3O2. The summed E-state index contributed by atoms with van der Waals surface area (Å²) < 4.78 is 2.01. The molecule has 0 bridgehead atoms. The molecule has 2 heterocycles. The molecule has 34 heavy (non-hydrogen) atoms. The first kappa shape index (κ1) is 23.0. The molecule has 2 aliphatic rings. The average Bonchev–Trinajstić information content (AvgIpc) is 3.18. The molecule has 1 unspecified atom stereocenters. The lowest BCUT2D eigenvalue weighted by Crippen LogP contribution is -2.64. The minimum Gasteiger partial charge on any atom is -0.351 e. The van der Waals surface area contributed by atoms with Crippen molar-refractivity contribution in [2.75, 3.05) is 0 Å². The number of halogens is 1. The number of hydrogen-bond acceptors (Lipinski definition) is 2. The van der Waals surface area contributed by atoms with E-state index in [9.17, 15) is 9.59 Å². The summed E-state index contributed by atoms with van der Waals surface area (Å²) in [5.74, 6) is -0.223. The third kappa shape index (κ3) is 4.22. The van der Waals surface area contributed by atoms with Gasteiger partial charge >= 0.3 is 0 Å². The summed E-state index contributed by atoms with van der Waals surface area (Å²) in [6.07, 6.45) is 7.99. The summed E-state index contributed by atoms with van der Waals surface area (Å²) in [6, 6.07) is 17.6. The predicted octanol–water partition coefficient (Wildman–Crippen LogP) is 5.94. The molecule has 3 aromatic rings. The Morgan fingerprint density at radius 1 is 1.03 bits per heavy atom. The molecule has 0 radical (unpaired) electrons. The Morgan fingerprint density at radius 3 is 2.47 bits per heavy atom. The van der Waals surface area contributed by atoms with E-state index >= 15 is 0 Å². The molecule has 2 amide bonds. The number of hydrogen-bond donors (Lipinski definition) is 1. The third-order valence-corrected chi connectivity index (χ3v) is 7.92. The van der Waals surface area contributed by atoms with Gasteiger partial charge in [0.1, 0.15) is 11.2 Å². The fraction of sp³-hybridized carbons (Fsp3) is 0.429. The van der Waals surface area contributed by atoms with Gasteiger partial charge in [-0.1, -0.05) is 80.1 Å². The normalized spacial score (nSPS) is 21.7. The van der Waals surface area contributed by atoms with E-state index in [1.165, 1.54) is 19.3 Å². The van der Waals surface area contributed by atoms with E-state index in [1.54, 1.807) is 4.90 Å². The van der Waals surface area contributed by atoms with Crippen molar-refractivity contribution in [3.63, 3.8) is 0 Å². The molecule has 1 aliphatic carbocycles. The van der Waals surface area contributed by atoms with Crippen molar-refractivity contribution in [1.29, 1.82) is 0 Å². The van der Waals surface area contributed by atoms with Crippen LogP contribution >= 0.6 is 11.6 Å². The first-order chi connectivity index (χ1) is 16.5. The number of nitrogens with one attached hydrogen (secondary N) is 1. The van der Waals surface area contributed by atoms with Crippen LogP contribution in [-0.4, -0.2) is 32.9 Å². The molecular weight excluding hydrogens is 446 g/mol. The predicted molar refractivity (Wildman–Crippen MR) is 136 cm³/mol. The Labute approximate surface area is 206 Å². The standard InChI is InChI=1S/C28H32ClN3O2/c1-28(27(34)30-22-13-5-3-2-4-6-14-22)19-31-24-16-10-8-11-20(24)17-25(31)26(33)32(28)18-21-12-7-9-15-23(21)29/h7-12,15-17,22H,2-6,13-14,18-19H2,1H3,(H,30,34). The van der Waals surface area contributed by atoms with Crippen LogP contribution in [0.1, 0.15) is 67.9 Å². The smallest absolute Gasteiger partial charge is 0.271 e. The molecule has 1 aliphatic heterocycles. The Balaban J connectivity index is 1.52. The molecule has 1 aromatic heterocycles. The number of carbonyl (C=O) groups is 2. The van der Waals surface area contributed by atoms with Crippen molar-refractivity contribution in [1.82, 2.24) is 14.8 Å². The highest BCUT2D eigenvalue weighted by Gasteiger charge is 2.48. The fourth-order valence-corrected chi connectivity index (χ4v) is 5.69. The molecule has 0 spiro atoms. The van der Waals surface area contributed by atoms with Crippen molar-refractivity contribution in [3.05, 3.63) is 70.9 Å². The highest BCUT2D eigenvalue weighted by molar-refractivity contribution is 6.31. The first-order valence-corrected chi connectivity index (χ1v) is 12.8. The van der Waals surface area contributed by atoms with Crippen LogP contribution in [0.5, 0.6) is 0 Å². The molecule has 5 nitrogen and oxygen atoms in total.